The second-order valence-corrected chi connectivity index (χ2v) is 5.47. The Balaban J connectivity index is 2.21. The van der Waals surface area contributed by atoms with Crippen molar-refractivity contribution < 1.29 is 38.0 Å². The first-order valence-electron chi connectivity index (χ1n) is 8.21. The van der Waals surface area contributed by atoms with Gasteiger partial charge in [0.15, 0.2) is 18.1 Å². The molecule has 0 aromatic heterocycles. The standard InChI is InChI=1S/C20H22O8/c1-23-12-6-7-16(24-2)13(8-12)15(21)11-28-20(22)14-9-18(26-4)19(27-5)10-17(14)25-3/h6-10H,11H2,1-5H3. The lowest BCUT2D eigenvalue weighted by atomic mass is 10.1. The van der Waals surface area contributed by atoms with Crippen molar-refractivity contribution in [1.29, 1.82) is 0 Å². The highest BCUT2D eigenvalue weighted by atomic mass is 16.5. The molecule has 0 N–H and O–H groups in total. The summed E-state index contributed by atoms with van der Waals surface area (Å²) in [4.78, 5) is 25.0. The van der Waals surface area contributed by atoms with Gasteiger partial charge in [0.1, 0.15) is 22.8 Å². The van der Waals surface area contributed by atoms with E-state index in [0.29, 0.717) is 23.0 Å². The average Bonchev–Trinajstić information content (AvgIpc) is 2.75. The van der Waals surface area contributed by atoms with Gasteiger partial charge < -0.3 is 28.4 Å². The summed E-state index contributed by atoms with van der Waals surface area (Å²) in [6.07, 6.45) is 0. The van der Waals surface area contributed by atoms with Crippen LogP contribution < -0.4 is 23.7 Å². The van der Waals surface area contributed by atoms with Crippen LogP contribution in [0.5, 0.6) is 28.7 Å². The van der Waals surface area contributed by atoms with Crippen LogP contribution in [0.4, 0.5) is 0 Å². The fourth-order valence-corrected chi connectivity index (χ4v) is 2.51. The van der Waals surface area contributed by atoms with Crippen LogP contribution in [0.2, 0.25) is 0 Å². The molecule has 0 saturated heterocycles. The number of carbonyl (C=O) groups is 2. The van der Waals surface area contributed by atoms with Gasteiger partial charge in [-0.3, -0.25) is 4.79 Å². The van der Waals surface area contributed by atoms with Crippen LogP contribution in [0.3, 0.4) is 0 Å². The molecule has 0 atom stereocenters. The first-order valence-corrected chi connectivity index (χ1v) is 8.21. The van der Waals surface area contributed by atoms with Gasteiger partial charge in [0.2, 0.25) is 5.78 Å². The quantitative estimate of drug-likeness (QED) is 0.477. The Kier molecular flexibility index (Phi) is 7.08. The van der Waals surface area contributed by atoms with E-state index in [1.807, 2.05) is 0 Å². The molecule has 0 heterocycles. The number of methoxy groups -OCH3 is 5. The van der Waals surface area contributed by atoms with Crippen molar-refractivity contribution in [3.05, 3.63) is 41.5 Å². The number of ether oxygens (including phenoxy) is 6. The van der Waals surface area contributed by atoms with E-state index in [9.17, 15) is 9.59 Å². The second-order valence-electron chi connectivity index (χ2n) is 5.47. The van der Waals surface area contributed by atoms with Crippen molar-refractivity contribution in [3.63, 3.8) is 0 Å². The number of carbonyl (C=O) groups excluding carboxylic acids is 2. The smallest absolute Gasteiger partial charge is 0.342 e. The number of esters is 1. The lowest BCUT2D eigenvalue weighted by molar-refractivity contribution is 0.0470. The van der Waals surface area contributed by atoms with E-state index in [2.05, 4.69) is 0 Å². The molecule has 0 unspecified atom stereocenters. The summed E-state index contributed by atoms with van der Waals surface area (Å²) in [5, 5.41) is 0. The number of benzene rings is 2. The minimum absolute atomic E-state index is 0.102. The molecule has 0 saturated carbocycles. The molecule has 8 nitrogen and oxygen atoms in total. The minimum Gasteiger partial charge on any atom is -0.497 e. The Morgan fingerprint density at radius 2 is 1.29 bits per heavy atom. The summed E-state index contributed by atoms with van der Waals surface area (Å²) < 4.78 is 31.1. The maximum Gasteiger partial charge on any atom is 0.342 e. The van der Waals surface area contributed by atoms with Gasteiger partial charge in [-0.05, 0) is 18.2 Å². The highest BCUT2D eigenvalue weighted by Crippen LogP contribution is 2.35. The number of rotatable bonds is 9. The van der Waals surface area contributed by atoms with Crippen molar-refractivity contribution in [2.24, 2.45) is 0 Å². The molecule has 0 bridgehead atoms. The van der Waals surface area contributed by atoms with E-state index in [1.165, 1.54) is 53.7 Å². The molecule has 0 aliphatic rings. The fraction of sp³-hybridized carbons (Fsp3) is 0.300. The van der Waals surface area contributed by atoms with E-state index in [4.69, 9.17) is 28.4 Å². The molecule has 0 radical (unpaired) electrons. The van der Waals surface area contributed by atoms with E-state index >= 15 is 0 Å². The van der Waals surface area contributed by atoms with E-state index in [1.54, 1.807) is 12.1 Å². The molecule has 150 valence electrons. The summed E-state index contributed by atoms with van der Waals surface area (Å²) in [5.74, 6) is 0.609. The predicted octanol–water partition coefficient (Wildman–Crippen LogP) is 2.77. The van der Waals surface area contributed by atoms with Gasteiger partial charge in [0.05, 0.1) is 41.1 Å². The Bertz CT molecular complexity index is 860. The molecule has 2 rings (SSSR count). The third kappa shape index (κ3) is 4.46. The Labute approximate surface area is 162 Å². The molecule has 0 spiro atoms. The third-order valence-electron chi connectivity index (χ3n) is 3.97. The molecule has 0 aliphatic heterocycles. The van der Waals surface area contributed by atoms with Gasteiger partial charge in [-0.15, -0.1) is 0 Å². The normalized spacial score (nSPS) is 10.0. The maximum absolute atomic E-state index is 12.5. The van der Waals surface area contributed by atoms with Crippen LogP contribution >= 0.6 is 0 Å². The minimum atomic E-state index is -0.743. The third-order valence-corrected chi connectivity index (χ3v) is 3.97. The molecule has 2 aromatic rings. The maximum atomic E-state index is 12.5. The highest BCUT2D eigenvalue weighted by molar-refractivity contribution is 6.02. The van der Waals surface area contributed by atoms with Crippen molar-refractivity contribution in [3.8, 4) is 28.7 Å². The van der Waals surface area contributed by atoms with Gasteiger partial charge in [0.25, 0.3) is 0 Å². The first kappa shape index (κ1) is 20.9. The Morgan fingerprint density at radius 3 is 1.86 bits per heavy atom. The molecule has 8 heteroatoms. The number of Topliss-reactive ketones (excluding diaryl/α,β-unsaturated/α-hetero) is 1. The Hall–Kier alpha value is -3.42. The summed E-state index contributed by atoms with van der Waals surface area (Å²) in [6, 6.07) is 7.71. The average molecular weight is 390 g/mol. The van der Waals surface area contributed by atoms with Gasteiger partial charge in [-0.2, -0.15) is 0 Å². The Morgan fingerprint density at radius 1 is 0.679 bits per heavy atom. The van der Waals surface area contributed by atoms with E-state index in [0.717, 1.165) is 0 Å². The lowest BCUT2D eigenvalue weighted by Crippen LogP contribution is -2.16. The highest BCUT2D eigenvalue weighted by Gasteiger charge is 2.21. The first-order chi connectivity index (χ1) is 13.5. The van der Waals surface area contributed by atoms with Gasteiger partial charge >= 0.3 is 5.97 Å². The molecule has 0 fully saturated rings. The zero-order chi connectivity index (χ0) is 20.7. The molecular formula is C20H22O8. The van der Waals surface area contributed by atoms with E-state index < -0.39 is 18.4 Å². The second kappa shape index (κ2) is 9.50. The zero-order valence-electron chi connectivity index (χ0n) is 16.4. The molecule has 0 amide bonds. The van der Waals surface area contributed by atoms with Crippen LogP contribution in [0.15, 0.2) is 30.3 Å². The zero-order valence-corrected chi connectivity index (χ0v) is 16.4. The molecular weight excluding hydrogens is 368 g/mol. The van der Waals surface area contributed by atoms with Crippen molar-refractivity contribution >= 4 is 11.8 Å². The fourth-order valence-electron chi connectivity index (χ4n) is 2.51. The summed E-state index contributed by atoms with van der Waals surface area (Å²) in [7, 11) is 7.25. The molecule has 28 heavy (non-hydrogen) atoms. The lowest BCUT2D eigenvalue weighted by Gasteiger charge is -2.14. The summed E-state index contributed by atoms with van der Waals surface area (Å²) in [5.41, 5.74) is 0.347. The summed E-state index contributed by atoms with van der Waals surface area (Å²) >= 11 is 0. The van der Waals surface area contributed by atoms with Gasteiger partial charge in [-0.1, -0.05) is 0 Å². The van der Waals surface area contributed by atoms with Gasteiger partial charge in [-0.25, -0.2) is 4.79 Å². The van der Waals surface area contributed by atoms with Gasteiger partial charge in [0, 0.05) is 12.1 Å². The monoisotopic (exact) mass is 390 g/mol. The SMILES string of the molecule is COc1ccc(OC)c(C(=O)COC(=O)c2cc(OC)c(OC)cc2OC)c1. The van der Waals surface area contributed by atoms with Crippen molar-refractivity contribution in [2.75, 3.05) is 42.2 Å². The van der Waals surface area contributed by atoms with Crippen LogP contribution in [-0.4, -0.2) is 53.9 Å². The largest absolute Gasteiger partial charge is 0.497 e. The van der Waals surface area contributed by atoms with Crippen molar-refractivity contribution in [1.82, 2.24) is 0 Å². The van der Waals surface area contributed by atoms with Crippen LogP contribution in [0, 0.1) is 0 Å². The van der Waals surface area contributed by atoms with E-state index in [-0.39, 0.29) is 16.9 Å². The molecule has 2 aromatic carbocycles. The number of hydrogen-bond acceptors (Lipinski definition) is 8. The van der Waals surface area contributed by atoms with Crippen molar-refractivity contribution in [2.45, 2.75) is 0 Å². The topological polar surface area (TPSA) is 89.5 Å². The van der Waals surface area contributed by atoms with Crippen LogP contribution in [-0.2, 0) is 4.74 Å². The number of hydrogen-bond donors (Lipinski definition) is 0. The molecule has 0 aliphatic carbocycles. The summed E-state index contributed by atoms with van der Waals surface area (Å²) in [6.45, 7) is -0.486. The van der Waals surface area contributed by atoms with Crippen LogP contribution in [0.25, 0.3) is 0 Å². The predicted molar refractivity (Wildman–Crippen MR) is 100 cm³/mol. The van der Waals surface area contributed by atoms with Crippen LogP contribution in [0.1, 0.15) is 20.7 Å². The number of ketones is 1.